The van der Waals surface area contributed by atoms with Crippen LogP contribution in [0.1, 0.15) is 29.7 Å². The molecule has 1 heterocycles. The Labute approximate surface area is 123 Å². The first-order chi connectivity index (χ1) is 10.1. The van der Waals surface area contributed by atoms with E-state index in [2.05, 4.69) is 49.2 Å². The quantitative estimate of drug-likeness (QED) is 0.780. The zero-order valence-corrected chi connectivity index (χ0v) is 12.0. The van der Waals surface area contributed by atoms with Gasteiger partial charge in [0.15, 0.2) is 0 Å². The van der Waals surface area contributed by atoms with E-state index in [0.29, 0.717) is 17.0 Å². The number of aromatic nitrogens is 2. The van der Waals surface area contributed by atoms with Gasteiger partial charge in [0.25, 0.3) is 0 Å². The van der Waals surface area contributed by atoms with E-state index >= 15 is 0 Å². The Kier molecular flexibility index (Phi) is 3.11. The monoisotopic (exact) mass is 276 g/mol. The number of nitrogen functional groups attached to an aromatic ring is 1. The highest BCUT2D eigenvalue weighted by molar-refractivity contribution is 5.84. The predicted octanol–water partition coefficient (Wildman–Crippen LogP) is 3.41. The molecule has 0 saturated heterocycles. The van der Waals surface area contributed by atoms with Crippen molar-refractivity contribution in [3.8, 4) is 6.07 Å². The molecule has 1 atom stereocenters. The Morgan fingerprint density at radius 1 is 1.19 bits per heavy atom. The lowest BCUT2D eigenvalue weighted by Crippen LogP contribution is -2.10. The maximum atomic E-state index is 9.18. The molecule has 0 aliphatic carbocycles. The number of fused-ring (bicyclic) bond motifs is 1. The Morgan fingerprint density at radius 2 is 1.90 bits per heavy atom. The maximum absolute atomic E-state index is 9.18. The average Bonchev–Trinajstić information content (AvgIpc) is 2.83. The summed E-state index contributed by atoms with van der Waals surface area (Å²) in [5, 5.41) is 9.18. The van der Waals surface area contributed by atoms with Crippen molar-refractivity contribution in [2.24, 2.45) is 0 Å². The van der Waals surface area contributed by atoms with Gasteiger partial charge in [-0.2, -0.15) is 5.26 Å². The first kappa shape index (κ1) is 13.2. The molecule has 104 valence electrons. The Morgan fingerprint density at radius 3 is 2.57 bits per heavy atom. The van der Waals surface area contributed by atoms with E-state index in [1.165, 1.54) is 5.56 Å². The summed E-state index contributed by atoms with van der Waals surface area (Å²) in [5.41, 5.74) is 10.6. The molecule has 0 aliphatic heterocycles. The molecule has 0 spiro atoms. The van der Waals surface area contributed by atoms with Gasteiger partial charge in [-0.25, -0.2) is 4.98 Å². The number of anilines is 1. The van der Waals surface area contributed by atoms with Gasteiger partial charge in [0.05, 0.1) is 17.1 Å². The molecule has 3 rings (SSSR count). The number of rotatable bonds is 2. The van der Waals surface area contributed by atoms with Crippen LogP contribution in [-0.2, 0) is 0 Å². The predicted molar refractivity (Wildman–Crippen MR) is 83.9 cm³/mol. The number of hydrogen-bond acceptors (Lipinski definition) is 3. The van der Waals surface area contributed by atoms with Gasteiger partial charge in [0, 0.05) is 0 Å². The Bertz CT molecular complexity index is 838. The number of imidazole rings is 1. The average molecular weight is 276 g/mol. The van der Waals surface area contributed by atoms with Crippen LogP contribution < -0.4 is 5.73 Å². The largest absolute Gasteiger partial charge is 0.369 e. The van der Waals surface area contributed by atoms with Crippen LogP contribution in [0, 0.1) is 18.3 Å². The first-order valence-electron chi connectivity index (χ1n) is 6.85. The van der Waals surface area contributed by atoms with Crippen LogP contribution in [-0.4, -0.2) is 9.55 Å². The fourth-order valence-electron chi connectivity index (χ4n) is 2.63. The summed E-state index contributed by atoms with van der Waals surface area (Å²) in [6, 6.07) is 16.2. The second kappa shape index (κ2) is 4.95. The van der Waals surface area contributed by atoms with Crippen molar-refractivity contribution >= 4 is 17.0 Å². The summed E-state index contributed by atoms with van der Waals surface area (Å²) in [4.78, 5) is 4.37. The molecular formula is C17H16N4. The second-order valence-electron chi connectivity index (χ2n) is 5.21. The third-order valence-corrected chi connectivity index (χ3v) is 3.81. The zero-order valence-electron chi connectivity index (χ0n) is 12.0. The third-order valence-electron chi connectivity index (χ3n) is 3.81. The number of benzene rings is 2. The van der Waals surface area contributed by atoms with Crippen LogP contribution in [0.4, 0.5) is 5.95 Å². The molecule has 0 fully saturated rings. The minimum atomic E-state index is 0.0598. The molecule has 4 nitrogen and oxygen atoms in total. The van der Waals surface area contributed by atoms with E-state index in [0.717, 1.165) is 11.1 Å². The van der Waals surface area contributed by atoms with Crippen molar-refractivity contribution in [3.05, 3.63) is 59.2 Å². The Balaban J connectivity index is 2.18. The van der Waals surface area contributed by atoms with E-state index < -0.39 is 0 Å². The summed E-state index contributed by atoms with van der Waals surface area (Å²) in [6.45, 7) is 4.15. The normalized spacial score (nSPS) is 12.2. The van der Waals surface area contributed by atoms with Crippen molar-refractivity contribution in [2.75, 3.05) is 5.73 Å². The molecule has 0 amide bonds. The van der Waals surface area contributed by atoms with Crippen LogP contribution in [0.25, 0.3) is 11.0 Å². The third kappa shape index (κ3) is 2.13. The molecule has 1 unspecified atom stereocenters. The van der Waals surface area contributed by atoms with Crippen molar-refractivity contribution in [1.82, 2.24) is 9.55 Å². The SMILES string of the molecule is Cc1ccc(C(C)n2c(N)nc3c(C#N)cccc32)cc1. The molecule has 0 radical (unpaired) electrons. The summed E-state index contributed by atoms with van der Waals surface area (Å²) in [6.07, 6.45) is 0. The minimum Gasteiger partial charge on any atom is -0.369 e. The molecular weight excluding hydrogens is 260 g/mol. The fourth-order valence-corrected chi connectivity index (χ4v) is 2.63. The van der Waals surface area contributed by atoms with Gasteiger partial charge < -0.3 is 10.3 Å². The number of nitrogens with two attached hydrogens (primary N) is 1. The fraction of sp³-hybridized carbons (Fsp3) is 0.176. The lowest BCUT2D eigenvalue weighted by molar-refractivity contribution is 0.667. The molecule has 1 aromatic heterocycles. The smallest absolute Gasteiger partial charge is 0.201 e. The van der Waals surface area contributed by atoms with Gasteiger partial charge in [0.1, 0.15) is 11.6 Å². The Hall–Kier alpha value is -2.80. The number of nitrogens with zero attached hydrogens (tertiary/aromatic N) is 3. The van der Waals surface area contributed by atoms with Crippen LogP contribution in [0.15, 0.2) is 42.5 Å². The minimum absolute atomic E-state index is 0.0598. The lowest BCUT2D eigenvalue weighted by Gasteiger charge is -2.16. The molecule has 0 bridgehead atoms. The van der Waals surface area contributed by atoms with Crippen LogP contribution in [0.2, 0.25) is 0 Å². The zero-order chi connectivity index (χ0) is 15.0. The van der Waals surface area contributed by atoms with Crippen molar-refractivity contribution < 1.29 is 0 Å². The highest BCUT2D eigenvalue weighted by Gasteiger charge is 2.17. The van der Waals surface area contributed by atoms with Gasteiger partial charge >= 0.3 is 0 Å². The summed E-state index contributed by atoms with van der Waals surface area (Å²) in [7, 11) is 0. The van der Waals surface area contributed by atoms with E-state index in [1.807, 2.05) is 16.7 Å². The molecule has 0 saturated carbocycles. The van der Waals surface area contributed by atoms with Crippen LogP contribution >= 0.6 is 0 Å². The highest BCUT2D eigenvalue weighted by atomic mass is 15.2. The topological polar surface area (TPSA) is 67.6 Å². The van der Waals surface area contributed by atoms with Gasteiger partial charge in [-0.3, -0.25) is 0 Å². The van der Waals surface area contributed by atoms with E-state index in [1.54, 1.807) is 6.07 Å². The molecule has 0 aliphatic rings. The number of hydrogen-bond donors (Lipinski definition) is 1. The molecule has 21 heavy (non-hydrogen) atoms. The van der Waals surface area contributed by atoms with Gasteiger partial charge in [-0.1, -0.05) is 35.9 Å². The second-order valence-corrected chi connectivity index (χ2v) is 5.21. The van der Waals surface area contributed by atoms with E-state index in [4.69, 9.17) is 5.73 Å². The van der Waals surface area contributed by atoms with Crippen molar-refractivity contribution in [1.29, 1.82) is 5.26 Å². The summed E-state index contributed by atoms with van der Waals surface area (Å²) < 4.78 is 1.97. The first-order valence-corrected chi connectivity index (χ1v) is 6.85. The summed E-state index contributed by atoms with van der Waals surface area (Å²) >= 11 is 0. The maximum Gasteiger partial charge on any atom is 0.201 e. The van der Waals surface area contributed by atoms with Gasteiger partial charge in [-0.15, -0.1) is 0 Å². The van der Waals surface area contributed by atoms with Crippen LogP contribution in [0.5, 0.6) is 0 Å². The number of aryl methyl sites for hydroxylation is 1. The molecule has 4 heteroatoms. The van der Waals surface area contributed by atoms with Crippen molar-refractivity contribution in [2.45, 2.75) is 19.9 Å². The number of nitriles is 1. The standard InChI is InChI=1S/C17H16N4/c1-11-6-8-13(9-7-11)12(2)21-15-5-3-4-14(10-18)16(15)20-17(21)19/h3-9,12H,1-2H3,(H2,19,20). The molecule has 2 aromatic carbocycles. The molecule has 3 aromatic rings. The lowest BCUT2D eigenvalue weighted by atomic mass is 10.1. The van der Waals surface area contributed by atoms with Crippen LogP contribution in [0.3, 0.4) is 0 Å². The summed E-state index contributed by atoms with van der Waals surface area (Å²) in [5.74, 6) is 0.431. The number of para-hydroxylation sites is 1. The van der Waals surface area contributed by atoms with E-state index in [-0.39, 0.29) is 6.04 Å². The van der Waals surface area contributed by atoms with E-state index in [9.17, 15) is 5.26 Å². The van der Waals surface area contributed by atoms with Gasteiger partial charge in [0.2, 0.25) is 5.95 Å². The molecule has 2 N–H and O–H groups in total. The van der Waals surface area contributed by atoms with Crippen molar-refractivity contribution in [3.63, 3.8) is 0 Å². The highest BCUT2D eigenvalue weighted by Crippen LogP contribution is 2.28. The van der Waals surface area contributed by atoms with Gasteiger partial charge in [-0.05, 0) is 31.5 Å².